The van der Waals surface area contributed by atoms with Crippen LogP contribution < -0.4 is 0 Å². The molecule has 0 saturated carbocycles. The van der Waals surface area contributed by atoms with Crippen LogP contribution >= 0.6 is 7.82 Å². The summed E-state index contributed by atoms with van der Waals surface area (Å²) in [7, 11) is 1.44. The van der Waals surface area contributed by atoms with E-state index in [1.54, 1.807) is 0 Å². The minimum atomic E-state index is -4.39. The van der Waals surface area contributed by atoms with Crippen molar-refractivity contribution in [3.8, 4) is 0 Å². The number of phosphoric ester groups is 1. The zero-order valence-corrected chi connectivity index (χ0v) is 40.3. The number of carbonyl (C=O) groups is 2. The molecule has 2 atom stereocenters. The summed E-state index contributed by atoms with van der Waals surface area (Å²) in [5.74, 6) is -0.844. The molecule has 0 radical (unpaired) electrons. The number of rotatable bonds is 42. The molecule has 61 heavy (non-hydrogen) atoms. The van der Waals surface area contributed by atoms with Crippen LogP contribution in [-0.4, -0.2) is 74.9 Å². The first kappa shape index (κ1) is 58.2. The minimum absolute atomic E-state index is 0.0205. The molecule has 0 aromatic rings. The fourth-order valence-corrected chi connectivity index (χ4v) is 6.69. The predicted molar refractivity (Wildman–Crippen MR) is 256 cm³/mol. The van der Waals surface area contributed by atoms with Crippen molar-refractivity contribution in [2.75, 3.05) is 47.5 Å². The molecule has 0 aromatic carbocycles. The van der Waals surface area contributed by atoms with Crippen LogP contribution in [0.2, 0.25) is 0 Å². The molecule has 350 valence electrons. The summed E-state index contributed by atoms with van der Waals surface area (Å²) in [6.45, 7) is 4.24. The molecule has 0 aliphatic rings. The molecule has 0 aliphatic heterocycles. The molecular formula is C51H89NO8P+. The highest BCUT2D eigenvalue weighted by Gasteiger charge is 2.27. The molecule has 0 rings (SSSR count). The van der Waals surface area contributed by atoms with Gasteiger partial charge in [-0.2, -0.15) is 0 Å². The molecule has 9 nitrogen and oxygen atoms in total. The third-order valence-corrected chi connectivity index (χ3v) is 10.6. The summed E-state index contributed by atoms with van der Waals surface area (Å²) in [6.07, 6.45) is 54.9. The van der Waals surface area contributed by atoms with E-state index < -0.39 is 26.5 Å². The van der Waals surface area contributed by atoms with Gasteiger partial charge in [-0.15, -0.1) is 0 Å². The minimum Gasteiger partial charge on any atom is -0.462 e. The van der Waals surface area contributed by atoms with Gasteiger partial charge in [-0.1, -0.05) is 157 Å². The van der Waals surface area contributed by atoms with Crippen LogP contribution in [0, 0.1) is 0 Å². The van der Waals surface area contributed by atoms with Crippen molar-refractivity contribution in [2.24, 2.45) is 0 Å². The van der Waals surface area contributed by atoms with E-state index in [9.17, 15) is 19.0 Å². The van der Waals surface area contributed by atoms with Gasteiger partial charge in [-0.3, -0.25) is 18.6 Å². The van der Waals surface area contributed by atoms with Gasteiger partial charge in [0.25, 0.3) is 0 Å². The van der Waals surface area contributed by atoms with E-state index in [1.165, 1.54) is 38.5 Å². The van der Waals surface area contributed by atoms with Gasteiger partial charge in [0.2, 0.25) is 0 Å². The van der Waals surface area contributed by atoms with Crippen LogP contribution in [0.1, 0.15) is 174 Å². The van der Waals surface area contributed by atoms with E-state index in [-0.39, 0.29) is 32.0 Å². The molecule has 0 fully saturated rings. The summed E-state index contributed by atoms with van der Waals surface area (Å²) >= 11 is 0. The molecule has 0 aliphatic carbocycles. The maximum atomic E-state index is 12.7. The Bertz CT molecular complexity index is 1310. The Morgan fingerprint density at radius 3 is 1.41 bits per heavy atom. The maximum absolute atomic E-state index is 12.7. The number of hydrogen-bond acceptors (Lipinski definition) is 7. The summed E-state index contributed by atoms with van der Waals surface area (Å²) in [6, 6.07) is 0. The Hall–Kier alpha value is -2.81. The summed E-state index contributed by atoms with van der Waals surface area (Å²) < 4.78 is 34.3. The van der Waals surface area contributed by atoms with Gasteiger partial charge < -0.3 is 18.9 Å². The van der Waals surface area contributed by atoms with Gasteiger partial charge >= 0.3 is 19.8 Å². The highest BCUT2D eigenvalue weighted by molar-refractivity contribution is 7.47. The zero-order valence-electron chi connectivity index (χ0n) is 39.4. The third kappa shape index (κ3) is 46.5. The van der Waals surface area contributed by atoms with E-state index in [1.807, 2.05) is 21.1 Å². The molecule has 0 spiro atoms. The Labute approximate surface area is 373 Å². The first-order chi connectivity index (χ1) is 29.5. The molecule has 0 bridgehead atoms. The second-order valence-corrected chi connectivity index (χ2v) is 18.2. The van der Waals surface area contributed by atoms with Crippen molar-refractivity contribution in [1.82, 2.24) is 0 Å². The largest absolute Gasteiger partial charge is 0.472 e. The van der Waals surface area contributed by atoms with Crippen molar-refractivity contribution in [1.29, 1.82) is 0 Å². The van der Waals surface area contributed by atoms with E-state index in [4.69, 9.17) is 18.5 Å². The first-order valence-corrected chi connectivity index (χ1v) is 25.3. The Morgan fingerprint density at radius 1 is 0.525 bits per heavy atom. The molecule has 1 N–H and O–H groups in total. The molecular weight excluding hydrogens is 786 g/mol. The van der Waals surface area contributed by atoms with Crippen molar-refractivity contribution in [3.63, 3.8) is 0 Å². The van der Waals surface area contributed by atoms with Gasteiger partial charge in [0.05, 0.1) is 27.7 Å². The van der Waals surface area contributed by atoms with Gasteiger partial charge in [-0.05, 0) is 89.9 Å². The quantitative estimate of drug-likeness (QED) is 0.0212. The number of likely N-dealkylation sites (N-methyl/N-ethyl adjacent to an activating group) is 1. The fourth-order valence-electron chi connectivity index (χ4n) is 5.95. The van der Waals surface area contributed by atoms with Crippen LogP contribution in [-0.2, 0) is 32.7 Å². The number of allylic oxidation sites excluding steroid dienone is 14. The lowest BCUT2D eigenvalue weighted by Crippen LogP contribution is -2.37. The lowest BCUT2D eigenvalue weighted by molar-refractivity contribution is -0.870. The third-order valence-electron chi connectivity index (χ3n) is 9.66. The second-order valence-electron chi connectivity index (χ2n) is 16.8. The normalized spacial score (nSPS) is 14.3. The van der Waals surface area contributed by atoms with E-state index in [0.29, 0.717) is 17.4 Å². The number of phosphoric acid groups is 1. The lowest BCUT2D eigenvalue weighted by atomic mass is 10.1. The van der Waals surface area contributed by atoms with Gasteiger partial charge in [0.15, 0.2) is 6.10 Å². The Morgan fingerprint density at radius 2 is 0.934 bits per heavy atom. The van der Waals surface area contributed by atoms with Crippen molar-refractivity contribution >= 4 is 19.8 Å². The SMILES string of the molecule is CC/C=C\C/C=C\C/C=C\C/C=C\C/C=C\C/C=C\CCCCCCC(=O)OC(COC(=O)CCCCCCC/C=C\CCCCCCC)COP(=O)(O)OCC[N+](C)(C)C. The molecule has 0 aromatic heterocycles. The topological polar surface area (TPSA) is 108 Å². The van der Waals surface area contributed by atoms with E-state index in [2.05, 4.69) is 98.9 Å². The number of esters is 2. The standard InChI is InChI=1S/C51H88NO8P/c1-6-8-10-12-14-16-18-20-22-23-24-25-26-27-28-29-30-32-34-36-38-40-42-44-51(54)60-49(48-59-61(55,56)58-46-45-52(3,4)5)47-57-50(53)43-41-39-37-35-33-31-21-19-17-15-13-11-9-7-2/h8,10,14,16,19-22,24-25,27-28,30,32,49H,6-7,9,11-13,15,17-18,23,26,29,31,33-48H2,1-5H3/p+1/b10-8-,16-14-,21-19-,22-20-,25-24-,28-27-,32-30-. The Balaban J connectivity index is 4.39. The van der Waals surface area contributed by atoms with Crippen LogP contribution in [0.3, 0.4) is 0 Å². The average Bonchev–Trinajstić information content (AvgIpc) is 3.21. The number of carbonyl (C=O) groups excluding carboxylic acids is 2. The van der Waals surface area contributed by atoms with Gasteiger partial charge in [-0.25, -0.2) is 4.57 Å². The summed E-state index contributed by atoms with van der Waals surface area (Å²) in [5.41, 5.74) is 0. The molecule has 2 unspecified atom stereocenters. The fraction of sp³-hybridized carbons (Fsp3) is 0.686. The van der Waals surface area contributed by atoms with Gasteiger partial charge in [0, 0.05) is 12.8 Å². The molecule has 0 saturated heterocycles. The Kier molecular flexibility index (Phi) is 40.5. The maximum Gasteiger partial charge on any atom is 0.472 e. The zero-order chi connectivity index (χ0) is 45.0. The van der Waals surface area contributed by atoms with Crippen molar-refractivity contribution in [2.45, 2.75) is 180 Å². The molecule has 0 heterocycles. The van der Waals surface area contributed by atoms with Crippen LogP contribution in [0.15, 0.2) is 85.1 Å². The monoisotopic (exact) mass is 875 g/mol. The van der Waals surface area contributed by atoms with Gasteiger partial charge in [0.1, 0.15) is 19.8 Å². The number of nitrogens with zero attached hydrogens (tertiary/aromatic N) is 1. The van der Waals surface area contributed by atoms with Crippen LogP contribution in [0.4, 0.5) is 0 Å². The van der Waals surface area contributed by atoms with Crippen LogP contribution in [0.25, 0.3) is 0 Å². The highest BCUT2D eigenvalue weighted by Crippen LogP contribution is 2.43. The molecule has 10 heteroatoms. The second kappa shape index (κ2) is 42.5. The summed E-state index contributed by atoms with van der Waals surface area (Å²) in [4.78, 5) is 35.4. The lowest BCUT2D eigenvalue weighted by Gasteiger charge is -2.24. The first-order valence-electron chi connectivity index (χ1n) is 23.8. The smallest absolute Gasteiger partial charge is 0.462 e. The van der Waals surface area contributed by atoms with E-state index >= 15 is 0 Å². The van der Waals surface area contributed by atoms with Crippen molar-refractivity contribution < 1.29 is 42.1 Å². The number of ether oxygens (including phenoxy) is 2. The average molecular weight is 875 g/mol. The number of quaternary nitrogens is 1. The number of hydrogen-bond donors (Lipinski definition) is 1. The van der Waals surface area contributed by atoms with Crippen molar-refractivity contribution in [3.05, 3.63) is 85.1 Å². The number of unbranched alkanes of at least 4 members (excludes halogenated alkanes) is 14. The molecule has 0 amide bonds. The van der Waals surface area contributed by atoms with Crippen LogP contribution in [0.5, 0.6) is 0 Å². The van der Waals surface area contributed by atoms with E-state index in [0.717, 1.165) is 103 Å². The predicted octanol–water partition coefficient (Wildman–Crippen LogP) is 14.0. The summed E-state index contributed by atoms with van der Waals surface area (Å²) in [5, 5.41) is 0. The highest BCUT2D eigenvalue weighted by atomic mass is 31.2.